The third-order valence-electron chi connectivity index (χ3n) is 4.28. The van der Waals surface area contributed by atoms with Gasteiger partial charge in [0.1, 0.15) is 11.4 Å². The summed E-state index contributed by atoms with van der Waals surface area (Å²) in [6, 6.07) is 4.93. The molecule has 0 atom stereocenters. The molecule has 0 bridgehead atoms. The number of pyridine rings is 1. The molecule has 2 N–H and O–H groups in total. The first-order valence-electron chi connectivity index (χ1n) is 8.93. The van der Waals surface area contributed by atoms with Crippen LogP contribution in [-0.2, 0) is 6.18 Å². The minimum atomic E-state index is -4.73. The summed E-state index contributed by atoms with van der Waals surface area (Å²) >= 11 is 1.10. The van der Waals surface area contributed by atoms with Gasteiger partial charge in [0.15, 0.2) is 16.7 Å². The monoisotopic (exact) mass is 455 g/mol. The number of ether oxygens (including phenoxy) is 1. The number of methoxy groups -OCH3 is 1. The molecule has 3 aromatic rings. The lowest BCUT2D eigenvalue weighted by molar-refractivity contribution is -0.137. The number of hydrogen-bond donors (Lipinski definition) is 2. The van der Waals surface area contributed by atoms with E-state index in [0.29, 0.717) is 28.4 Å². The molecule has 0 aliphatic carbocycles. The number of carboxylic acid groups (broad SMARTS) is 1. The molecule has 0 saturated carbocycles. The van der Waals surface area contributed by atoms with Crippen LogP contribution < -0.4 is 10.1 Å². The Morgan fingerprint density at radius 2 is 1.97 bits per heavy atom. The Labute approximate surface area is 178 Å². The number of rotatable bonds is 6. The van der Waals surface area contributed by atoms with Crippen LogP contribution in [0.4, 0.5) is 28.5 Å². The average molecular weight is 455 g/mol. The Morgan fingerprint density at radius 3 is 2.52 bits per heavy atom. The number of aromatic nitrogens is 2. The lowest BCUT2D eigenvalue weighted by Gasteiger charge is -2.10. The van der Waals surface area contributed by atoms with Crippen molar-refractivity contribution >= 4 is 28.3 Å². The van der Waals surface area contributed by atoms with E-state index in [0.717, 1.165) is 11.3 Å². The van der Waals surface area contributed by atoms with Crippen LogP contribution in [0.15, 0.2) is 30.5 Å². The normalized spacial score (nSPS) is 11.6. The topological polar surface area (TPSA) is 84.3 Å². The largest absolute Gasteiger partial charge is 0.494 e. The fourth-order valence-electron chi connectivity index (χ4n) is 2.77. The molecule has 1 aromatic carbocycles. The fourth-order valence-corrected chi connectivity index (χ4v) is 3.89. The predicted octanol–water partition coefficient (Wildman–Crippen LogP) is 5.94. The van der Waals surface area contributed by atoms with Crippen LogP contribution in [0, 0.1) is 5.82 Å². The number of aromatic carboxylic acids is 1. The van der Waals surface area contributed by atoms with Gasteiger partial charge in [-0.15, -0.1) is 0 Å². The van der Waals surface area contributed by atoms with Gasteiger partial charge < -0.3 is 15.2 Å². The number of thiazole rings is 1. The van der Waals surface area contributed by atoms with Crippen LogP contribution in [0.25, 0.3) is 10.4 Å². The van der Waals surface area contributed by atoms with Gasteiger partial charge in [0, 0.05) is 6.20 Å². The number of nitrogens with one attached hydrogen (secondary N) is 1. The number of anilines is 2. The van der Waals surface area contributed by atoms with E-state index in [4.69, 9.17) is 4.74 Å². The number of nitrogens with zero attached hydrogens (tertiary/aromatic N) is 2. The van der Waals surface area contributed by atoms with Crippen LogP contribution in [0.2, 0.25) is 0 Å². The van der Waals surface area contributed by atoms with Gasteiger partial charge in [0.2, 0.25) is 0 Å². The smallest absolute Gasteiger partial charge is 0.417 e. The maximum Gasteiger partial charge on any atom is 0.417 e. The average Bonchev–Trinajstić information content (AvgIpc) is 3.11. The second-order valence-corrected chi connectivity index (χ2v) is 7.78. The highest BCUT2D eigenvalue weighted by atomic mass is 32.1. The summed E-state index contributed by atoms with van der Waals surface area (Å²) in [6.07, 6.45) is -4.18. The molecule has 3 rings (SSSR count). The molecular formula is C20H17F4N3O3S. The maximum atomic E-state index is 14.2. The second kappa shape index (κ2) is 8.50. The molecule has 11 heteroatoms. The van der Waals surface area contributed by atoms with Crippen molar-refractivity contribution in [3.63, 3.8) is 0 Å². The summed E-state index contributed by atoms with van der Waals surface area (Å²) in [6.45, 7) is 3.75. The third kappa shape index (κ3) is 4.76. The number of carboxylic acids is 1. The van der Waals surface area contributed by atoms with Crippen molar-refractivity contribution in [1.29, 1.82) is 0 Å². The minimum Gasteiger partial charge on any atom is -0.494 e. The van der Waals surface area contributed by atoms with Crippen LogP contribution in [0.1, 0.15) is 41.4 Å². The highest BCUT2D eigenvalue weighted by Crippen LogP contribution is 2.39. The Bertz CT molecular complexity index is 1130. The first-order valence-corrected chi connectivity index (χ1v) is 9.75. The van der Waals surface area contributed by atoms with Gasteiger partial charge in [-0.25, -0.2) is 19.2 Å². The number of benzene rings is 1. The van der Waals surface area contributed by atoms with Gasteiger partial charge in [-0.05, 0) is 35.7 Å². The predicted molar refractivity (Wildman–Crippen MR) is 108 cm³/mol. The van der Waals surface area contributed by atoms with Gasteiger partial charge in [0.25, 0.3) is 0 Å². The summed E-state index contributed by atoms with van der Waals surface area (Å²) in [5, 5.41) is 12.2. The van der Waals surface area contributed by atoms with Gasteiger partial charge in [-0.1, -0.05) is 25.2 Å². The molecule has 31 heavy (non-hydrogen) atoms. The van der Waals surface area contributed by atoms with Crippen molar-refractivity contribution in [2.45, 2.75) is 25.9 Å². The summed E-state index contributed by atoms with van der Waals surface area (Å²) in [4.78, 5) is 20.2. The van der Waals surface area contributed by atoms with E-state index in [1.165, 1.54) is 19.2 Å². The summed E-state index contributed by atoms with van der Waals surface area (Å²) in [5.41, 5.74) is -0.674. The summed E-state index contributed by atoms with van der Waals surface area (Å²) in [7, 11) is 1.35. The van der Waals surface area contributed by atoms with Gasteiger partial charge in [0.05, 0.1) is 23.2 Å². The van der Waals surface area contributed by atoms with Crippen molar-refractivity contribution < 1.29 is 32.2 Å². The van der Waals surface area contributed by atoms with Crippen molar-refractivity contribution in [1.82, 2.24) is 9.97 Å². The second-order valence-electron chi connectivity index (χ2n) is 6.79. The third-order valence-corrected chi connectivity index (χ3v) is 5.32. The van der Waals surface area contributed by atoms with E-state index < -0.39 is 29.1 Å². The van der Waals surface area contributed by atoms with Crippen LogP contribution in [0.3, 0.4) is 0 Å². The molecular weight excluding hydrogens is 438 g/mol. The van der Waals surface area contributed by atoms with Crippen LogP contribution >= 0.6 is 11.3 Å². The standard InChI is InChI=1S/C20H17F4N3O3S/c1-9(2)15-16(10-4-5-14(30-3)13(21)6-10)31-19(26-15)27-17-12(18(28)29)7-11(8-25-17)20(22,23)24/h4-9H,1-3H3,(H,28,29)(H,25,26,27). The van der Waals surface area contributed by atoms with Crippen molar-refractivity contribution in [2.75, 3.05) is 12.4 Å². The molecule has 2 aromatic heterocycles. The van der Waals surface area contributed by atoms with Crippen LogP contribution in [-0.4, -0.2) is 28.2 Å². The Balaban J connectivity index is 2.03. The number of hydrogen-bond acceptors (Lipinski definition) is 6. The Hall–Kier alpha value is -3.21. The molecule has 0 spiro atoms. The molecule has 164 valence electrons. The molecule has 0 saturated heterocycles. The van der Waals surface area contributed by atoms with E-state index in [1.807, 2.05) is 13.8 Å². The molecule has 0 aliphatic rings. The van der Waals surface area contributed by atoms with Crippen LogP contribution in [0.5, 0.6) is 5.75 Å². The van der Waals surface area contributed by atoms with Gasteiger partial charge in [-0.2, -0.15) is 13.2 Å². The zero-order valence-electron chi connectivity index (χ0n) is 16.5. The van der Waals surface area contributed by atoms with Crippen molar-refractivity contribution in [2.24, 2.45) is 0 Å². The zero-order valence-corrected chi connectivity index (χ0v) is 17.4. The van der Waals surface area contributed by atoms with E-state index in [-0.39, 0.29) is 22.6 Å². The number of alkyl halides is 3. The van der Waals surface area contributed by atoms with E-state index >= 15 is 0 Å². The first kappa shape index (κ1) is 22.5. The minimum absolute atomic E-state index is 0.0635. The molecule has 0 fully saturated rings. The Kier molecular flexibility index (Phi) is 6.16. The van der Waals surface area contributed by atoms with E-state index in [2.05, 4.69) is 15.3 Å². The summed E-state index contributed by atoms with van der Waals surface area (Å²) < 4.78 is 57.8. The van der Waals surface area contributed by atoms with Gasteiger partial charge >= 0.3 is 12.1 Å². The molecule has 6 nitrogen and oxygen atoms in total. The lowest BCUT2D eigenvalue weighted by atomic mass is 10.1. The highest BCUT2D eigenvalue weighted by Gasteiger charge is 2.33. The molecule has 0 aliphatic heterocycles. The highest BCUT2D eigenvalue weighted by molar-refractivity contribution is 7.19. The number of carbonyl (C=O) groups is 1. The van der Waals surface area contributed by atoms with Gasteiger partial charge in [-0.3, -0.25) is 0 Å². The Morgan fingerprint density at radius 1 is 1.26 bits per heavy atom. The number of halogens is 4. The fraction of sp³-hybridized carbons (Fsp3) is 0.250. The molecule has 0 unspecified atom stereocenters. The lowest BCUT2D eigenvalue weighted by Crippen LogP contribution is -2.11. The maximum absolute atomic E-state index is 14.2. The van der Waals surface area contributed by atoms with E-state index in [1.54, 1.807) is 6.07 Å². The van der Waals surface area contributed by atoms with Crippen molar-refractivity contribution in [3.05, 3.63) is 53.1 Å². The zero-order chi connectivity index (χ0) is 22.9. The quantitative estimate of drug-likeness (QED) is 0.448. The van der Waals surface area contributed by atoms with E-state index in [9.17, 15) is 27.5 Å². The molecule has 0 amide bonds. The molecule has 2 heterocycles. The summed E-state index contributed by atoms with van der Waals surface area (Å²) in [5.74, 6) is -2.39. The molecule has 0 radical (unpaired) electrons. The first-order chi connectivity index (χ1) is 14.5. The van der Waals surface area contributed by atoms with Crippen molar-refractivity contribution in [3.8, 4) is 16.2 Å². The SMILES string of the molecule is COc1ccc(-c2sc(Nc3ncc(C(F)(F)F)cc3C(=O)O)nc2C(C)C)cc1F.